The van der Waals surface area contributed by atoms with Gasteiger partial charge < -0.3 is 9.84 Å². The number of phenols is 1. The third-order valence-electron chi connectivity index (χ3n) is 4.00. The highest BCUT2D eigenvalue weighted by Crippen LogP contribution is 2.30. The van der Waals surface area contributed by atoms with Gasteiger partial charge in [-0.3, -0.25) is 10.3 Å². The first-order valence-corrected chi connectivity index (χ1v) is 8.01. The average molecular weight is 310 g/mol. The summed E-state index contributed by atoms with van der Waals surface area (Å²) in [5, 5.41) is 13.5. The van der Waals surface area contributed by atoms with Crippen LogP contribution in [-0.2, 0) is 0 Å². The van der Waals surface area contributed by atoms with Crippen LogP contribution in [0.3, 0.4) is 0 Å². The zero-order valence-corrected chi connectivity index (χ0v) is 13.5. The van der Waals surface area contributed by atoms with E-state index in [-0.39, 0.29) is 12.2 Å². The number of phenolic OH excluding ortho intramolecular Hbond substituents is 1. The van der Waals surface area contributed by atoms with E-state index >= 15 is 0 Å². The van der Waals surface area contributed by atoms with E-state index in [1.165, 1.54) is 0 Å². The summed E-state index contributed by atoms with van der Waals surface area (Å²) in [5.41, 5.74) is 3.06. The number of hydrogen-bond acceptors (Lipinski definition) is 4. The summed E-state index contributed by atoms with van der Waals surface area (Å²) in [6.07, 6.45) is 0.755. The zero-order chi connectivity index (χ0) is 16.2. The fraction of sp³-hybridized carbons (Fsp3) is 0.316. The molecule has 0 fully saturated rings. The number of aliphatic imine (C=N–C) groups is 1. The predicted molar refractivity (Wildman–Crippen MR) is 92.2 cm³/mol. The maximum atomic E-state index is 10.1. The quantitative estimate of drug-likeness (QED) is 0.906. The Bertz CT molecular complexity index is 695. The second-order valence-corrected chi connectivity index (χ2v) is 5.69. The molecule has 2 aromatic rings. The molecule has 1 aliphatic heterocycles. The number of rotatable bonds is 4. The minimum atomic E-state index is 0.00919. The summed E-state index contributed by atoms with van der Waals surface area (Å²) in [6, 6.07) is 15.6. The lowest BCUT2D eigenvalue weighted by Gasteiger charge is -2.28. The lowest BCUT2D eigenvalue weighted by atomic mass is 9.94. The van der Waals surface area contributed by atoms with Crippen LogP contribution in [0.2, 0.25) is 0 Å². The highest BCUT2D eigenvalue weighted by molar-refractivity contribution is 6.01. The fourth-order valence-electron chi connectivity index (χ4n) is 2.95. The molecule has 0 aliphatic carbocycles. The highest BCUT2D eigenvalue weighted by Gasteiger charge is 2.24. The summed E-state index contributed by atoms with van der Waals surface area (Å²) in [7, 11) is 0. The fourth-order valence-corrected chi connectivity index (χ4v) is 2.95. The van der Waals surface area contributed by atoms with E-state index in [9.17, 15) is 5.11 Å². The van der Waals surface area contributed by atoms with E-state index in [0.717, 1.165) is 29.0 Å². The summed E-state index contributed by atoms with van der Waals surface area (Å²) >= 11 is 0. The SMILES string of the molecule is CCOc1ccc(C2=NC(C)NC(c3ccccc3O)C2)cc1. The van der Waals surface area contributed by atoms with Crippen LogP contribution in [0, 0.1) is 0 Å². The molecule has 0 amide bonds. The molecule has 2 N–H and O–H groups in total. The van der Waals surface area contributed by atoms with Crippen molar-refractivity contribution in [2.45, 2.75) is 32.5 Å². The smallest absolute Gasteiger partial charge is 0.120 e. The van der Waals surface area contributed by atoms with Gasteiger partial charge in [-0.15, -0.1) is 0 Å². The van der Waals surface area contributed by atoms with Crippen LogP contribution < -0.4 is 10.1 Å². The molecule has 0 radical (unpaired) electrons. The molecular formula is C19H22N2O2. The van der Waals surface area contributed by atoms with Crippen LogP contribution in [0.1, 0.15) is 37.4 Å². The van der Waals surface area contributed by atoms with Gasteiger partial charge in [0.2, 0.25) is 0 Å². The molecule has 0 aromatic heterocycles. The molecule has 0 saturated heterocycles. The molecule has 2 unspecified atom stereocenters. The first kappa shape index (κ1) is 15.6. The van der Waals surface area contributed by atoms with Gasteiger partial charge in [0, 0.05) is 23.7 Å². The molecule has 2 aromatic carbocycles. The number of aromatic hydroxyl groups is 1. The minimum absolute atomic E-state index is 0.00919. The van der Waals surface area contributed by atoms with Crippen LogP contribution in [0.4, 0.5) is 0 Å². The van der Waals surface area contributed by atoms with Gasteiger partial charge in [0.1, 0.15) is 11.5 Å². The predicted octanol–water partition coefficient (Wildman–Crippen LogP) is 3.66. The molecule has 23 heavy (non-hydrogen) atoms. The van der Waals surface area contributed by atoms with Gasteiger partial charge in [0.05, 0.1) is 12.8 Å². The standard InChI is InChI=1S/C19H22N2O2/c1-3-23-15-10-8-14(9-11-15)17-12-18(21-13(2)20-17)16-6-4-5-7-19(16)22/h4-11,13,18,21-22H,3,12H2,1-2H3. The van der Waals surface area contributed by atoms with Crippen molar-refractivity contribution in [1.29, 1.82) is 0 Å². The maximum absolute atomic E-state index is 10.1. The normalized spacial score (nSPS) is 20.9. The van der Waals surface area contributed by atoms with Gasteiger partial charge in [-0.25, -0.2) is 0 Å². The molecule has 1 aliphatic rings. The molecule has 2 atom stereocenters. The molecule has 3 rings (SSSR count). The first-order valence-electron chi connectivity index (χ1n) is 8.01. The Balaban J connectivity index is 1.84. The molecule has 0 spiro atoms. The van der Waals surface area contributed by atoms with E-state index in [0.29, 0.717) is 12.4 Å². The highest BCUT2D eigenvalue weighted by atomic mass is 16.5. The van der Waals surface area contributed by atoms with Crippen molar-refractivity contribution in [3.05, 3.63) is 59.7 Å². The van der Waals surface area contributed by atoms with E-state index in [1.54, 1.807) is 6.07 Å². The van der Waals surface area contributed by atoms with E-state index in [4.69, 9.17) is 9.73 Å². The number of hydrogen-bond donors (Lipinski definition) is 2. The van der Waals surface area contributed by atoms with Crippen LogP contribution in [-0.4, -0.2) is 23.6 Å². The van der Waals surface area contributed by atoms with Crippen LogP contribution in [0.5, 0.6) is 11.5 Å². The molecular weight excluding hydrogens is 288 g/mol. The van der Waals surface area contributed by atoms with Gasteiger partial charge in [-0.2, -0.15) is 0 Å². The van der Waals surface area contributed by atoms with Crippen molar-refractivity contribution in [1.82, 2.24) is 5.32 Å². The minimum Gasteiger partial charge on any atom is -0.508 e. The number of benzene rings is 2. The Labute approximate surface area is 136 Å². The maximum Gasteiger partial charge on any atom is 0.120 e. The van der Waals surface area contributed by atoms with Crippen molar-refractivity contribution < 1.29 is 9.84 Å². The Kier molecular flexibility index (Phi) is 4.63. The molecule has 0 saturated carbocycles. The number of ether oxygens (including phenoxy) is 1. The van der Waals surface area contributed by atoms with Gasteiger partial charge >= 0.3 is 0 Å². The third-order valence-corrected chi connectivity index (χ3v) is 4.00. The van der Waals surface area contributed by atoms with Gasteiger partial charge in [0.25, 0.3) is 0 Å². The Morgan fingerprint density at radius 1 is 1.17 bits per heavy atom. The van der Waals surface area contributed by atoms with E-state index in [1.807, 2.05) is 56.3 Å². The Morgan fingerprint density at radius 2 is 1.91 bits per heavy atom. The van der Waals surface area contributed by atoms with Crippen LogP contribution in [0.15, 0.2) is 53.5 Å². The number of nitrogens with zero attached hydrogens (tertiary/aromatic N) is 1. The molecule has 1 heterocycles. The molecule has 120 valence electrons. The van der Waals surface area contributed by atoms with Crippen molar-refractivity contribution in [3.63, 3.8) is 0 Å². The molecule has 4 nitrogen and oxygen atoms in total. The van der Waals surface area contributed by atoms with Gasteiger partial charge in [0.15, 0.2) is 0 Å². The van der Waals surface area contributed by atoms with Crippen molar-refractivity contribution >= 4 is 5.71 Å². The Hall–Kier alpha value is -2.33. The monoisotopic (exact) mass is 310 g/mol. The number of nitrogens with one attached hydrogen (secondary N) is 1. The van der Waals surface area contributed by atoms with Gasteiger partial charge in [-0.05, 0) is 49.7 Å². The third kappa shape index (κ3) is 3.54. The summed E-state index contributed by atoms with van der Waals surface area (Å²) < 4.78 is 5.49. The van der Waals surface area contributed by atoms with Crippen LogP contribution >= 0.6 is 0 Å². The molecule has 0 bridgehead atoms. The number of para-hydroxylation sites is 1. The van der Waals surface area contributed by atoms with Crippen molar-refractivity contribution in [3.8, 4) is 11.5 Å². The van der Waals surface area contributed by atoms with Crippen molar-refractivity contribution in [2.24, 2.45) is 4.99 Å². The van der Waals surface area contributed by atoms with E-state index in [2.05, 4.69) is 5.32 Å². The van der Waals surface area contributed by atoms with Gasteiger partial charge in [-0.1, -0.05) is 18.2 Å². The average Bonchev–Trinajstić information content (AvgIpc) is 2.56. The van der Waals surface area contributed by atoms with E-state index < -0.39 is 0 Å². The summed E-state index contributed by atoms with van der Waals surface area (Å²) in [4.78, 5) is 4.72. The van der Waals surface area contributed by atoms with Crippen LogP contribution in [0.25, 0.3) is 0 Å². The topological polar surface area (TPSA) is 53.8 Å². The summed E-state index contributed by atoms with van der Waals surface area (Å²) in [6.45, 7) is 4.67. The largest absolute Gasteiger partial charge is 0.508 e. The second-order valence-electron chi connectivity index (χ2n) is 5.69. The zero-order valence-electron chi connectivity index (χ0n) is 13.5. The van der Waals surface area contributed by atoms with Crippen molar-refractivity contribution in [2.75, 3.05) is 6.61 Å². The first-order chi connectivity index (χ1) is 11.2. The Morgan fingerprint density at radius 3 is 2.61 bits per heavy atom. The second kappa shape index (κ2) is 6.84. The lowest BCUT2D eigenvalue weighted by Crippen LogP contribution is -2.36. The summed E-state index contributed by atoms with van der Waals surface area (Å²) in [5.74, 6) is 1.20. The lowest BCUT2D eigenvalue weighted by molar-refractivity contribution is 0.340. The molecule has 4 heteroatoms.